The van der Waals surface area contributed by atoms with E-state index >= 15 is 0 Å². The van der Waals surface area contributed by atoms with Crippen molar-refractivity contribution < 1.29 is 9.13 Å². The van der Waals surface area contributed by atoms with Gasteiger partial charge in [-0.15, -0.1) is 0 Å². The Morgan fingerprint density at radius 2 is 2.24 bits per heavy atom. The third-order valence-electron chi connectivity index (χ3n) is 3.81. The van der Waals surface area contributed by atoms with Gasteiger partial charge in [-0.25, -0.2) is 9.37 Å². The number of halogens is 2. The maximum atomic E-state index is 14.3. The van der Waals surface area contributed by atoms with Gasteiger partial charge in [0, 0.05) is 22.4 Å². The molecule has 0 saturated heterocycles. The molecular formula is C19H17ClFN3O. The summed E-state index contributed by atoms with van der Waals surface area (Å²) in [5.41, 5.74) is 2.44. The summed E-state index contributed by atoms with van der Waals surface area (Å²) in [6.45, 7) is 3.05. The van der Waals surface area contributed by atoms with Crippen molar-refractivity contribution in [1.29, 1.82) is 5.41 Å². The highest BCUT2D eigenvalue weighted by Gasteiger charge is 2.20. The Bertz CT molecular complexity index is 877. The number of hydrogen-bond acceptors (Lipinski definition) is 4. The molecule has 2 heterocycles. The van der Waals surface area contributed by atoms with Gasteiger partial charge in [0.1, 0.15) is 12.4 Å². The zero-order valence-corrected chi connectivity index (χ0v) is 14.4. The first-order valence-electron chi connectivity index (χ1n) is 7.85. The first-order chi connectivity index (χ1) is 12.1. The summed E-state index contributed by atoms with van der Waals surface area (Å²) in [4.78, 5) is 4.51. The summed E-state index contributed by atoms with van der Waals surface area (Å²) >= 11 is 6.03. The lowest BCUT2D eigenvalue weighted by Crippen LogP contribution is -2.20. The largest absolute Gasteiger partial charge is 0.487 e. The van der Waals surface area contributed by atoms with Crippen molar-refractivity contribution in [1.82, 2.24) is 4.98 Å². The number of allylic oxidation sites excluding steroid dienone is 4. The summed E-state index contributed by atoms with van der Waals surface area (Å²) < 4.78 is 20.1. The normalized spacial score (nSPS) is 14.0. The second kappa shape index (κ2) is 7.49. The minimum Gasteiger partial charge on any atom is -0.487 e. The third-order valence-corrected chi connectivity index (χ3v) is 4.05. The molecule has 25 heavy (non-hydrogen) atoms. The van der Waals surface area contributed by atoms with E-state index in [-0.39, 0.29) is 0 Å². The number of benzene rings is 1. The Kier molecular flexibility index (Phi) is 5.14. The number of rotatable bonds is 4. The average Bonchev–Trinajstić information content (AvgIpc) is 2.64. The molecule has 3 rings (SSSR count). The standard InChI is InChI=1S/C19H17ClFN3O/c1-2-12(4-3-7-22)14-11-17(15-10-13(20)5-6-16(15)21)24-19-18(14)25-9-8-23-19/h2-7,10-11,22H,8-9H2,1H3,(H,23,24)/b4-3-,12-2+,22-7?. The van der Waals surface area contributed by atoms with Crippen molar-refractivity contribution in [3.63, 3.8) is 0 Å². The van der Waals surface area contributed by atoms with Crippen molar-refractivity contribution in [3.8, 4) is 17.0 Å². The first-order valence-corrected chi connectivity index (χ1v) is 8.22. The van der Waals surface area contributed by atoms with Crippen molar-refractivity contribution in [2.75, 3.05) is 18.5 Å². The molecule has 0 aliphatic carbocycles. The topological polar surface area (TPSA) is 58.0 Å². The zero-order valence-electron chi connectivity index (χ0n) is 13.6. The van der Waals surface area contributed by atoms with E-state index in [2.05, 4.69) is 10.3 Å². The van der Waals surface area contributed by atoms with Gasteiger partial charge >= 0.3 is 0 Å². The summed E-state index contributed by atoms with van der Waals surface area (Å²) in [6, 6.07) is 6.17. The number of anilines is 1. The van der Waals surface area contributed by atoms with E-state index < -0.39 is 5.82 Å². The molecule has 0 amide bonds. The number of ether oxygens (including phenoxy) is 1. The Hall–Kier alpha value is -2.66. The molecule has 1 aromatic carbocycles. The lowest BCUT2D eigenvalue weighted by Gasteiger charge is -2.22. The van der Waals surface area contributed by atoms with Crippen LogP contribution >= 0.6 is 11.6 Å². The van der Waals surface area contributed by atoms with Crippen molar-refractivity contribution >= 4 is 29.2 Å². The monoisotopic (exact) mass is 357 g/mol. The SMILES string of the molecule is C/C=C(\C=C/C=N)c1cc(-c2cc(Cl)ccc2F)nc2c1OCCN2. The Morgan fingerprint density at radius 3 is 3.00 bits per heavy atom. The molecule has 128 valence electrons. The van der Waals surface area contributed by atoms with E-state index in [1.165, 1.54) is 18.3 Å². The molecule has 1 aliphatic rings. The van der Waals surface area contributed by atoms with Gasteiger partial charge < -0.3 is 15.5 Å². The predicted molar refractivity (Wildman–Crippen MR) is 100 cm³/mol. The minimum absolute atomic E-state index is 0.329. The molecule has 0 radical (unpaired) electrons. The molecule has 0 bridgehead atoms. The van der Waals surface area contributed by atoms with Gasteiger partial charge in [0.15, 0.2) is 11.6 Å². The molecule has 1 aromatic heterocycles. The van der Waals surface area contributed by atoms with Crippen LogP contribution in [-0.4, -0.2) is 24.4 Å². The average molecular weight is 358 g/mol. The van der Waals surface area contributed by atoms with E-state index in [0.29, 0.717) is 41.0 Å². The summed E-state index contributed by atoms with van der Waals surface area (Å²) in [5, 5.41) is 10.8. The highest BCUT2D eigenvalue weighted by molar-refractivity contribution is 6.30. The Labute approximate surface area is 150 Å². The van der Waals surface area contributed by atoms with E-state index in [1.807, 2.05) is 13.0 Å². The van der Waals surface area contributed by atoms with Crippen molar-refractivity contribution in [2.45, 2.75) is 6.92 Å². The first kappa shape index (κ1) is 17.2. The lowest BCUT2D eigenvalue weighted by molar-refractivity contribution is 0.320. The quantitative estimate of drug-likeness (QED) is 0.601. The van der Waals surface area contributed by atoms with Crippen LogP contribution in [0.15, 0.2) is 42.5 Å². The number of fused-ring (bicyclic) bond motifs is 1. The Morgan fingerprint density at radius 1 is 1.40 bits per heavy atom. The molecule has 1 aliphatic heterocycles. The van der Waals surface area contributed by atoms with Crippen molar-refractivity contribution in [2.24, 2.45) is 0 Å². The summed E-state index contributed by atoms with van der Waals surface area (Å²) in [7, 11) is 0. The van der Waals surface area contributed by atoms with E-state index in [9.17, 15) is 4.39 Å². The molecule has 0 saturated carbocycles. The van der Waals surface area contributed by atoms with Gasteiger partial charge in [0.05, 0.1) is 12.2 Å². The fourth-order valence-electron chi connectivity index (χ4n) is 2.66. The number of pyridine rings is 1. The van der Waals surface area contributed by atoms with Crippen LogP contribution in [0.1, 0.15) is 12.5 Å². The molecule has 0 atom stereocenters. The fourth-order valence-corrected chi connectivity index (χ4v) is 2.83. The van der Waals surface area contributed by atoms with Crippen LogP contribution in [0.5, 0.6) is 5.75 Å². The van der Waals surface area contributed by atoms with Crippen LogP contribution in [0.3, 0.4) is 0 Å². The van der Waals surface area contributed by atoms with Crippen LogP contribution in [-0.2, 0) is 0 Å². The predicted octanol–water partition coefficient (Wildman–Crippen LogP) is 4.95. The third kappa shape index (κ3) is 3.56. The highest BCUT2D eigenvalue weighted by atomic mass is 35.5. The molecule has 0 spiro atoms. The Balaban J connectivity index is 2.22. The van der Waals surface area contributed by atoms with Gasteiger partial charge in [-0.1, -0.05) is 23.8 Å². The molecule has 6 heteroatoms. The highest BCUT2D eigenvalue weighted by Crippen LogP contribution is 2.38. The van der Waals surface area contributed by atoms with Gasteiger partial charge in [0.2, 0.25) is 0 Å². The molecule has 0 fully saturated rings. The maximum absolute atomic E-state index is 14.3. The number of hydrogen-bond donors (Lipinski definition) is 2. The van der Waals surface area contributed by atoms with Crippen LogP contribution in [0.4, 0.5) is 10.2 Å². The molecule has 2 N–H and O–H groups in total. The maximum Gasteiger partial charge on any atom is 0.170 e. The van der Waals surface area contributed by atoms with E-state index in [1.54, 1.807) is 24.3 Å². The number of aromatic nitrogens is 1. The summed E-state index contributed by atoms with van der Waals surface area (Å²) in [6.07, 6.45) is 6.54. The molecule has 0 unspecified atom stereocenters. The van der Waals surface area contributed by atoms with Crippen LogP contribution < -0.4 is 10.1 Å². The van der Waals surface area contributed by atoms with Crippen LogP contribution in [0.25, 0.3) is 16.8 Å². The summed E-state index contributed by atoms with van der Waals surface area (Å²) in [5.74, 6) is 0.803. The lowest BCUT2D eigenvalue weighted by atomic mass is 10.0. The fraction of sp³-hybridized carbons (Fsp3) is 0.158. The van der Waals surface area contributed by atoms with Gasteiger partial charge in [-0.05, 0) is 42.8 Å². The van der Waals surface area contributed by atoms with Crippen LogP contribution in [0.2, 0.25) is 5.02 Å². The molecule has 2 aromatic rings. The number of nitrogens with one attached hydrogen (secondary N) is 2. The van der Waals surface area contributed by atoms with Crippen molar-refractivity contribution in [3.05, 3.63) is 58.9 Å². The second-order valence-electron chi connectivity index (χ2n) is 5.40. The van der Waals surface area contributed by atoms with E-state index in [4.69, 9.17) is 21.7 Å². The van der Waals surface area contributed by atoms with Gasteiger partial charge in [0.25, 0.3) is 0 Å². The van der Waals surface area contributed by atoms with Crippen LogP contribution in [0, 0.1) is 11.2 Å². The van der Waals surface area contributed by atoms with E-state index in [0.717, 1.165) is 11.1 Å². The van der Waals surface area contributed by atoms with Gasteiger partial charge in [-0.3, -0.25) is 0 Å². The minimum atomic E-state index is -0.392. The smallest absolute Gasteiger partial charge is 0.170 e. The number of nitrogens with zero attached hydrogens (tertiary/aromatic N) is 1. The van der Waals surface area contributed by atoms with Gasteiger partial charge in [-0.2, -0.15) is 0 Å². The molecular weight excluding hydrogens is 341 g/mol. The second-order valence-corrected chi connectivity index (χ2v) is 5.84. The zero-order chi connectivity index (χ0) is 17.8. The molecule has 4 nitrogen and oxygen atoms in total.